The van der Waals surface area contributed by atoms with Crippen LogP contribution in [0, 0.1) is 0 Å². The second-order valence-corrected chi connectivity index (χ2v) is 4.77. The third-order valence-corrected chi connectivity index (χ3v) is 3.30. The zero-order valence-electron chi connectivity index (χ0n) is 10.5. The lowest BCUT2D eigenvalue weighted by atomic mass is 10.3. The molecule has 3 rings (SSSR count). The Hall–Kier alpha value is -1.98. The maximum Gasteiger partial charge on any atom is 0.225 e. The van der Waals surface area contributed by atoms with Crippen molar-refractivity contribution in [3.63, 3.8) is 0 Å². The molecule has 0 N–H and O–H groups in total. The van der Waals surface area contributed by atoms with E-state index in [1.165, 1.54) is 6.33 Å². The van der Waals surface area contributed by atoms with Crippen LogP contribution in [0.1, 0.15) is 0 Å². The fraction of sp³-hybridized carbons (Fsp3) is 0.0769. The van der Waals surface area contributed by atoms with E-state index < -0.39 is 0 Å². The van der Waals surface area contributed by atoms with Crippen LogP contribution >= 0.6 is 23.2 Å². The number of hydrogen-bond acceptors (Lipinski definition) is 5. The lowest BCUT2D eigenvalue weighted by Gasteiger charge is -2.19. The van der Waals surface area contributed by atoms with Gasteiger partial charge in [-0.2, -0.15) is 4.98 Å². The van der Waals surface area contributed by atoms with E-state index in [2.05, 4.69) is 19.9 Å². The predicted molar refractivity (Wildman–Crippen MR) is 79.7 cm³/mol. The Morgan fingerprint density at radius 1 is 0.950 bits per heavy atom. The Kier molecular flexibility index (Phi) is 3.38. The van der Waals surface area contributed by atoms with Crippen molar-refractivity contribution in [1.29, 1.82) is 0 Å². The van der Waals surface area contributed by atoms with Crippen LogP contribution in [-0.4, -0.2) is 27.0 Å². The number of anilines is 2. The third kappa shape index (κ3) is 2.26. The topological polar surface area (TPSA) is 54.8 Å². The van der Waals surface area contributed by atoms with Gasteiger partial charge in [0.15, 0.2) is 11.0 Å². The van der Waals surface area contributed by atoms with Crippen LogP contribution in [0.4, 0.5) is 11.5 Å². The van der Waals surface area contributed by atoms with Crippen molar-refractivity contribution >= 4 is 45.7 Å². The van der Waals surface area contributed by atoms with Crippen LogP contribution in [0.2, 0.25) is 10.4 Å². The van der Waals surface area contributed by atoms with Crippen LogP contribution in [-0.2, 0) is 0 Å². The second kappa shape index (κ2) is 5.19. The number of benzene rings is 1. The van der Waals surface area contributed by atoms with Crippen LogP contribution in [0.25, 0.3) is 11.0 Å². The molecule has 0 bridgehead atoms. The van der Waals surface area contributed by atoms with Gasteiger partial charge in [-0.3, -0.25) is 0 Å². The van der Waals surface area contributed by atoms with Crippen molar-refractivity contribution in [3.05, 3.63) is 47.1 Å². The first-order valence-electron chi connectivity index (χ1n) is 5.79. The molecule has 3 aromatic rings. The lowest BCUT2D eigenvalue weighted by molar-refractivity contribution is 1.08. The van der Waals surface area contributed by atoms with Gasteiger partial charge in [0.2, 0.25) is 5.28 Å². The van der Waals surface area contributed by atoms with Crippen molar-refractivity contribution in [2.24, 2.45) is 0 Å². The summed E-state index contributed by atoms with van der Waals surface area (Å²) in [6.45, 7) is 0. The maximum atomic E-state index is 6.03. The largest absolute Gasteiger partial charge is 0.328 e. The molecule has 0 saturated heterocycles. The average molecular weight is 306 g/mol. The Labute approximate surface area is 125 Å². The van der Waals surface area contributed by atoms with Crippen molar-refractivity contribution in [2.45, 2.75) is 0 Å². The van der Waals surface area contributed by atoms with Crippen LogP contribution in [0.3, 0.4) is 0 Å². The van der Waals surface area contributed by atoms with Crippen molar-refractivity contribution in [1.82, 2.24) is 19.9 Å². The van der Waals surface area contributed by atoms with Crippen molar-refractivity contribution in [3.8, 4) is 0 Å². The van der Waals surface area contributed by atoms with Crippen LogP contribution in [0.15, 0.2) is 36.7 Å². The van der Waals surface area contributed by atoms with Gasteiger partial charge in [-0.1, -0.05) is 29.8 Å². The molecule has 2 heterocycles. The number of para-hydroxylation sites is 1. The number of aromatic nitrogens is 4. The van der Waals surface area contributed by atoms with Crippen molar-refractivity contribution < 1.29 is 0 Å². The predicted octanol–water partition coefficient (Wildman–Crippen LogP) is 3.49. The highest BCUT2D eigenvalue weighted by atomic mass is 35.5. The third-order valence-electron chi connectivity index (χ3n) is 2.85. The maximum absolute atomic E-state index is 6.03. The molecular formula is C13H9Cl2N5. The Morgan fingerprint density at radius 3 is 2.45 bits per heavy atom. The number of fused-ring (bicyclic) bond motifs is 1. The van der Waals surface area contributed by atoms with Gasteiger partial charge >= 0.3 is 0 Å². The number of rotatable bonds is 2. The SMILES string of the molecule is CN(c1ccccc1)c1nc(Cl)nc2c(Cl)ncnc12. The number of hydrogen-bond donors (Lipinski definition) is 0. The fourth-order valence-electron chi connectivity index (χ4n) is 1.89. The van der Waals surface area contributed by atoms with Gasteiger partial charge in [0, 0.05) is 12.7 Å². The lowest BCUT2D eigenvalue weighted by Crippen LogP contribution is -2.13. The normalized spacial score (nSPS) is 10.8. The molecule has 2 aromatic heterocycles. The zero-order chi connectivity index (χ0) is 14.1. The van der Waals surface area contributed by atoms with Gasteiger partial charge in [0.25, 0.3) is 0 Å². The monoisotopic (exact) mass is 305 g/mol. The summed E-state index contributed by atoms with van der Waals surface area (Å²) < 4.78 is 0. The summed E-state index contributed by atoms with van der Waals surface area (Å²) in [6, 6.07) is 9.76. The molecule has 0 amide bonds. The molecule has 0 spiro atoms. The highest BCUT2D eigenvalue weighted by Crippen LogP contribution is 2.30. The smallest absolute Gasteiger partial charge is 0.225 e. The first-order valence-corrected chi connectivity index (χ1v) is 6.55. The molecule has 0 atom stereocenters. The Bertz CT molecular complexity index is 763. The quantitative estimate of drug-likeness (QED) is 0.536. The minimum Gasteiger partial charge on any atom is -0.328 e. The van der Waals surface area contributed by atoms with E-state index in [0.29, 0.717) is 16.9 Å². The summed E-state index contributed by atoms with van der Waals surface area (Å²) >= 11 is 12.0. The van der Waals surface area contributed by atoms with E-state index >= 15 is 0 Å². The number of nitrogens with zero attached hydrogens (tertiary/aromatic N) is 5. The van der Waals surface area contributed by atoms with Gasteiger partial charge in [-0.05, 0) is 23.7 Å². The molecule has 5 nitrogen and oxygen atoms in total. The fourth-order valence-corrected chi connectivity index (χ4v) is 2.23. The Balaban J connectivity index is 2.23. The molecule has 0 radical (unpaired) electrons. The van der Waals surface area contributed by atoms with Gasteiger partial charge in [0.05, 0.1) is 0 Å². The molecular weight excluding hydrogens is 297 g/mol. The Morgan fingerprint density at radius 2 is 1.70 bits per heavy atom. The highest BCUT2D eigenvalue weighted by molar-refractivity contribution is 6.34. The number of halogens is 2. The molecule has 0 aliphatic heterocycles. The molecule has 0 unspecified atom stereocenters. The van der Waals surface area contributed by atoms with Crippen LogP contribution in [0.5, 0.6) is 0 Å². The van der Waals surface area contributed by atoms with E-state index in [0.717, 1.165) is 5.69 Å². The first-order chi connectivity index (χ1) is 9.66. The van der Waals surface area contributed by atoms with Gasteiger partial charge < -0.3 is 4.90 Å². The molecule has 7 heteroatoms. The van der Waals surface area contributed by atoms with E-state index in [1.807, 2.05) is 42.3 Å². The molecule has 0 aliphatic rings. The highest BCUT2D eigenvalue weighted by Gasteiger charge is 2.15. The zero-order valence-corrected chi connectivity index (χ0v) is 12.0. The van der Waals surface area contributed by atoms with E-state index in [9.17, 15) is 0 Å². The summed E-state index contributed by atoms with van der Waals surface area (Å²) in [6.07, 6.45) is 1.38. The van der Waals surface area contributed by atoms with Gasteiger partial charge in [0.1, 0.15) is 17.4 Å². The van der Waals surface area contributed by atoms with E-state index in [1.54, 1.807) is 0 Å². The van der Waals surface area contributed by atoms with E-state index in [4.69, 9.17) is 23.2 Å². The average Bonchev–Trinajstić information content (AvgIpc) is 2.48. The molecule has 0 fully saturated rings. The summed E-state index contributed by atoms with van der Waals surface area (Å²) in [5.41, 5.74) is 1.95. The summed E-state index contributed by atoms with van der Waals surface area (Å²) in [5, 5.41) is 0.356. The van der Waals surface area contributed by atoms with E-state index in [-0.39, 0.29) is 10.4 Å². The first kappa shape index (κ1) is 13.0. The van der Waals surface area contributed by atoms with Crippen LogP contribution < -0.4 is 4.90 Å². The summed E-state index contributed by atoms with van der Waals surface area (Å²) in [7, 11) is 1.88. The molecule has 0 aliphatic carbocycles. The summed E-state index contributed by atoms with van der Waals surface area (Å²) in [4.78, 5) is 18.3. The van der Waals surface area contributed by atoms with Gasteiger partial charge in [-0.15, -0.1) is 0 Å². The van der Waals surface area contributed by atoms with Gasteiger partial charge in [-0.25, -0.2) is 15.0 Å². The molecule has 0 saturated carbocycles. The molecule has 1 aromatic carbocycles. The summed E-state index contributed by atoms with van der Waals surface area (Å²) in [5.74, 6) is 0.579. The molecule has 100 valence electrons. The molecule has 20 heavy (non-hydrogen) atoms. The standard InChI is InChI=1S/C13H9Cl2N5/c1-20(8-5-3-2-4-6-8)12-10-9(18-13(15)19-12)11(14)17-7-16-10/h2-7H,1H3. The minimum atomic E-state index is 0.104. The van der Waals surface area contributed by atoms with Crippen molar-refractivity contribution in [2.75, 3.05) is 11.9 Å². The second-order valence-electron chi connectivity index (χ2n) is 4.07. The minimum absolute atomic E-state index is 0.104.